The number of aromatic carboxylic acids is 1. The lowest BCUT2D eigenvalue weighted by molar-refractivity contribution is -0.122. The molecule has 4 rings (SSSR count). The van der Waals surface area contributed by atoms with Crippen LogP contribution in [0.4, 0.5) is 10.1 Å². The van der Waals surface area contributed by atoms with Crippen molar-refractivity contribution in [2.24, 2.45) is 0 Å². The Morgan fingerprint density at radius 2 is 1.84 bits per heavy atom. The number of furan rings is 1. The van der Waals surface area contributed by atoms with Crippen molar-refractivity contribution in [1.82, 2.24) is 5.32 Å². The Kier molecular flexibility index (Phi) is 5.60. The lowest BCUT2D eigenvalue weighted by Gasteiger charge is -2.28. The summed E-state index contributed by atoms with van der Waals surface area (Å²) in [5.74, 6) is -2.60. The first-order chi connectivity index (χ1) is 15.2. The summed E-state index contributed by atoms with van der Waals surface area (Å²) in [6.45, 7) is 0. The number of carboxylic acid groups (broad SMARTS) is 1. The zero-order valence-electron chi connectivity index (χ0n) is 16.0. The van der Waals surface area contributed by atoms with E-state index in [2.05, 4.69) is 5.32 Å². The van der Waals surface area contributed by atoms with Crippen LogP contribution in [0.25, 0.3) is 17.4 Å². The standard InChI is InChI=1S/C22H12ClFN2O5S/c23-17-7-1-11(9-15(17)21(29)30)18-8-6-14(31-18)10-16-19(27)25-22(32)26(20(16)28)13-4-2-12(24)3-5-13/h1-10H,(H,29,30)(H,25,27,32). The highest BCUT2D eigenvalue weighted by molar-refractivity contribution is 7.80. The van der Waals surface area contributed by atoms with Gasteiger partial charge in [-0.3, -0.25) is 19.8 Å². The fraction of sp³-hybridized carbons (Fsp3) is 0. The second-order valence-corrected chi connectivity index (χ2v) is 7.43. The summed E-state index contributed by atoms with van der Waals surface area (Å²) >= 11 is 11.0. The van der Waals surface area contributed by atoms with Gasteiger partial charge in [0.2, 0.25) is 0 Å². The molecule has 0 saturated carbocycles. The topological polar surface area (TPSA) is 99.9 Å². The molecule has 3 aromatic rings. The quantitative estimate of drug-likeness (QED) is 0.335. The molecule has 1 aliphatic heterocycles. The van der Waals surface area contributed by atoms with Gasteiger partial charge in [-0.05, 0) is 72.9 Å². The Hall–Kier alpha value is -3.82. The Morgan fingerprint density at radius 3 is 2.53 bits per heavy atom. The van der Waals surface area contributed by atoms with Crippen LogP contribution in [-0.4, -0.2) is 28.0 Å². The average molecular weight is 471 g/mol. The lowest BCUT2D eigenvalue weighted by atomic mass is 10.1. The van der Waals surface area contributed by atoms with Crippen molar-refractivity contribution >= 4 is 58.5 Å². The first-order valence-corrected chi connectivity index (χ1v) is 9.83. The van der Waals surface area contributed by atoms with Crippen molar-refractivity contribution in [1.29, 1.82) is 0 Å². The van der Waals surface area contributed by atoms with Crippen LogP contribution in [0.3, 0.4) is 0 Å². The van der Waals surface area contributed by atoms with E-state index in [1.807, 2.05) is 0 Å². The Balaban J connectivity index is 1.67. The number of thiocarbonyl (C=S) groups is 1. The van der Waals surface area contributed by atoms with E-state index in [0.717, 1.165) is 4.90 Å². The molecule has 0 spiro atoms. The third-order valence-corrected chi connectivity index (χ3v) is 5.20. The molecule has 1 saturated heterocycles. The van der Waals surface area contributed by atoms with Crippen molar-refractivity contribution in [3.05, 3.63) is 82.3 Å². The Labute approximate surface area is 190 Å². The van der Waals surface area contributed by atoms with Crippen LogP contribution in [0.2, 0.25) is 5.02 Å². The van der Waals surface area contributed by atoms with E-state index in [0.29, 0.717) is 11.3 Å². The number of hydrogen-bond donors (Lipinski definition) is 2. The number of hydrogen-bond acceptors (Lipinski definition) is 5. The average Bonchev–Trinajstić information content (AvgIpc) is 3.21. The monoisotopic (exact) mass is 470 g/mol. The summed E-state index contributed by atoms with van der Waals surface area (Å²) < 4.78 is 18.9. The maximum Gasteiger partial charge on any atom is 0.337 e. The molecule has 0 atom stereocenters. The molecule has 160 valence electrons. The van der Waals surface area contributed by atoms with Gasteiger partial charge in [0.1, 0.15) is 22.9 Å². The van der Waals surface area contributed by atoms with E-state index >= 15 is 0 Å². The van der Waals surface area contributed by atoms with Crippen LogP contribution in [0.5, 0.6) is 0 Å². The molecule has 0 bridgehead atoms. The van der Waals surface area contributed by atoms with Gasteiger partial charge < -0.3 is 9.52 Å². The summed E-state index contributed by atoms with van der Waals surface area (Å²) in [6.07, 6.45) is 1.24. The minimum Gasteiger partial charge on any atom is -0.478 e. The molecule has 1 aliphatic rings. The van der Waals surface area contributed by atoms with Crippen LogP contribution in [0, 0.1) is 5.82 Å². The number of halogens is 2. The normalized spacial score (nSPS) is 15.2. The van der Waals surface area contributed by atoms with Crippen LogP contribution in [0.1, 0.15) is 16.1 Å². The molecule has 2 aromatic carbocycles. The number of nitrogens with zero attached hydrogens (tertiary/aromatic N) is 1. The SMILES string of the molecule is O=C1NC(=S)N(c2ccc(F)cc2)C(=O)C1=Cc1ccc(-c2ccc(Cl)c(C(=O)O)c2)o1. The van der Waals surface area contributed by atoms with E-state index < -0.39 is 23.6 Å². The maximum atomic E-state index is 13.2. The number of anilines is 1. The van der Waals surface area contributed by atoms with Gasteiger partial charge in [0.15, 0.2) is 5.11 Å². The van der Waals surface area contributed by atoms with Gasteiger partial charge in [-0.25, -0.2) is 9.18 Å². The minimum atomic E-state index is -1.19. The Bertz CT molecular complexity index is 1320. The number of carboxylic acids is 1. The first-order valence-electron chi connectivity index (χ1n) is 9.04. The summed E-state index contributed by atoms with van der Waals surface area (Å²) in [4.78, 5) is 37.7. The number of carbonyl (C=O) groups excluding carboxylic acids is 2. The van der Waals surface area contributed by atoms with Gasteiger partial charge in [-0.1, -0.05) is 11.6 Å². The molecular formula is C22H12ClFN2O5S. The zero-order valence-corrected chi connectivity index (χ0v) is 17.5. The van der Waals surface area contributed by atoms with Gasteiger partial charge >= 0.3 is 5.97 Å². The molecule has 1 aromatic heterocycles. The van der Waals surface area contributed by atoms with Crippen molar-refractivity contribution in [3.63, 3.8) is 0 Å². The van der Waals surface area contributed by atoms with Crippen LogP contribution < -0.4 is 10.2 Å². The fourth-order valence-corrected chi connectivity index (χ4v) is 3.53. The molecule has 0 radical (unpaired) electrons. The molecule has 0 aliphatic carbocycles. The molecular weight excluding hydrogens is 459 g/mol. The molecule has 2 N–H and O–H groups in total. The number of rotatable bonds is 4. The molecule has 32 heavy (non-hydrogen) atoms. The third-order valence-electron chi connectivity index (χ3n) is 4.58. The highest BCUT2D eigenvalue weighted by Crippen LogP contribution is 2.28. The number of amides is 2. The van der Waals surface area contributed by atoms with Crippen molar-refractivity contribution in [3.8, 4) is 11.3 Å². The van der Waals surface area contributed by atoms with Gasteiger partial charge in [-0.15, -0.1) is 0 Å². The van der Waals surface area contributed by atoms with E-state index in [9.17, 15) is 23.9 Å². The Morgan fingerprint density at radius 1 is 1.12 bits per heavy atom. The van der Waals surface area contributed by atoms with Crippen molar-refractivity contribution in [2.45, 2.75) is 0 Å². The number of benzene rings is 2. The second-order valence-electron chi connectivity index (χ2n) is 6.64. The van der Waals surface area contributed by atoms with E-state index in [4.69, 9.17) is 28.2 Å². The zero-order chi connectivity index (χ0) is 23.0. The van der Waals surface area contributed by atoms with Crippen molar-refractivity contribution in [2.75, 3.05) is 4.90 Å². The van der Waals surface area contributed by atoms with Crippen LogP contribution in [0.15, 0.2) is 64.6 Å². The predicted octanol–water partition coefficient (Wildman–Crippen LogP) is 4.27. The summed E-state index contributed by atoms with van der Waals surface area (Å²) in [5, 5.41) is 11.6. The van der Waals surface area contributed by atoms with Crippen molar-refractivity contribution < 1.29 is 28.3 Å². The highest BCUT2D eigenvalue weighted by Gasteiger charge is 2.34. The molecule has 2 heterocycles. The second kappa shape index (κ2) is 8.37. The van der Waals surface area contributed by atoms with E-state index in [1.54, 1.807) is 12.1 Å². The van der Waals surface area contributed by atoms with Crippen LogP contribution >= 0.6 is 23.8 Å². The maximum absolute atomic E-state index is 13.2. The van der Waals surface area contributed by atoms with Gasteiger partial charge in [0.05, 0.1) is 16.3 Å². The fourth-order valence-electron chi connectivity index (χ4n) is 3.05. The summed E-state index contributed by atoms with van der Waals surface area (Å²) in [7, 11) is 0. The van der Waals surface area contributed by atoms with Gasteiger partial charge in [-0.2, -0.15) is 0 Å². The van der Waals surface area contributed by atoms with E-state index in [1.165, 1.54) is 48.5 Å². The minimum absolute atomic E-state index is 0.0801. The lowest BCUT2D eigenvalue weighted by Crippen LogP contribution is -2.54. The molecule has 10 heteroatoms. The number of nitrogens with one attached hydrogen (secondary N) is 1. The molecule has 2 amide bonds. The number of carbonyl (C=O) groups is 3. The molecule has 7 nitrogen and oxygen atoms in total. The van der Waals surface area contributed by atoms with Gasteiger partial charge in [0.25, 0.3) is 11.8 Å². The van der Waals surface area contributed by atoms with Crippen LogP contribution in [-0.2, 0) is 9.59 Å². The first kappa shape index (κ1) is 21.4. The molecule has 1 fully saturated rings. The summed E-state index contributed by atoms with van der Waals surface area (Å²) in [5.41, 5.74) is 0.400. The molecule has 0 unspecified atom stereocenters. The predicted molar refractivity (Wildman–Crippen MR) is 119 cm³/mol. The largest absolute Gasteiger partial charge is 0.478 e. The highest BCUT2D eigenvalue weighted by atomic mass is 35.5. The smallest absolute Gasteiger partial charge is 0.337 e. The van der Waals surface area contributed by atoms with E-state index in [-0.39, 0.29) is 32.7 Å². The summed E-state index contributed by atoms with van der Waals surface area (Å²) in [6, 6.07) is 12.5. The third kappa shape index (κ3) is 4.03. The van der Waals surface area contributed by atoms with Gasteiger partial charge in [0, 0.05) is 5.56 Å².